The van der Waals surface area contributed by atoms with Gasteiger partial charge < -0.3 is 4.74 Å². The van der Waals surface area contributed by atoms with Gasteiger partial charge in [0.05, 0.1) is 7.11 Å². The summed E-state index contributed by atoms with van der Waals surface area (Å²) in [6.07, 6.45) is 1.51. The van der Waals surface area contributed by atoms with Crippen LogP contribution in [0.15, 0.2) is 29.1 Å². The van der Waals surface area contributed by atoms with Crippen LogP contribution in [-0.4, -0.2) is 17.1 Å². The van der Waals surface area contributed by atoms with E-state index in [9.17, 15) is 0 Å². The highest BCUT2D eigenvalue weighted by molar-refractivity contribution is 9.10. The van der Waals surface area contributed by atoms with Crippen molar-refractivity contribution < 1.29 is 4.74 Å². The summed E-state index contributed by atoms with van der Waals surface area (Å²) in [6.45, 7) is 0. The Morgan fingerprint density at radius 2 is 2.15 bits per heavy atom. The van der Waals surface area contributed by atoms with Crippen LogP contribution in [0.3, 0.4) is 0 Å². The van der Waals surface area contributed by atoms with Crippen molar-refractivity contribution in [1.29, 1.82) is 0 Å². The number of rotatable bonds is 1. The number of hydrogen-bond donors (Lipinski definition) is 0. The fourth-order valence-corrected chi connectivity index (χ4v) is 1.61. The molecule has 0 spiro atoms. The molecule has 0 N–H and O–H groups in total. The van der Waals surface area contributed by atoms with Crippen molar-refractivity contribution in [2.75, 3.05) is 7.11 Å². The Balaban J connectivity index is 2.84. The van der Waals surface area contributed by atoms with Crippen LogP contribution < -0.4 is 4.74 Å². The maximum Gasteiger partial charge on any atom is 0.145 e. The average molecular weight is 239 g/mol. The summed E-state index contributed by atoms with van der Waals surface area (Å²) in [7, 11) is 1.63. The highest BCUT2D eigenvalue weighted by Crippen LogP contribution is 2.26. The summed E-state index contributed by atoms with van der Waals surface area (Å²) >= 11 is 3.35. The number of hydrogen-bond acceptors (Lipinski definition) is 3. The molecule has 0 bridgehead atoms. The van der Waals surface area contributed by atoms with Crippen LogP contribution in [0.4, 0.5) is 0 Å². The number of benzene rings is 1. The largest absolute Gasteiger partial charge is 0.494 e. The molecule has 0 aliphatic carbocycles. The first-order chi connectivity index (χ1) is 6.33. The Hall–Kier alpha value is -1.16. The van der Waals surface area contributed by atoms with Gasteiger partial charge in [0.25, 0.3) is 0 Å². The molecule has 13 heavy (non-hydrogen) atoms. The van der Waals surface area contributed by atoms with Gasteiger partial charge in [0.15, 0.2) is 0 Å². The van der Waals surface area contributed by atoms with E-state index in [4.69, 9.17) is 4.74 Å². The van der Waals surface area contributed by atoms with Crippen LogP contribution in [0.25, 0.3) is 10.9 Å². The lowest BCUT2D eigenvalue weighted by Gasteiger charge is -2.03. The van der Waals surface area contributed by atoms with Gasteiger partial charge in [-0.3, -0.25) is 0 Å². The molecule has 4 heteroatoms. The number of fused-ring (bicyclic) bond motifs is 1. The summed E-state index contributed by atoms with van der Waals surface area (Å²) < 4.78 is 5.96. The molecule has 0 aliphatic rings. The van der Waals surface area contributed by atoms with Crippen molar-refractivity contribution in [1.82, 2.24) is 9.97 Å². The quantitative estimate of drug-likeness (QED) is 0.716. The van der Waals surface area contributed by atoms with Crippen LogP contribution in [0, 0.1) is 0 Å². The zero-order valence-corrected chi connectivity index (χ0v) is 8.58. The van der Waals surface area contributed by atoms with Crippen LogP contribution in [-0.2, 0) is 0 Å². The Labute approximate surface area is 83.9 Å². The van der Waals surface area contributed by atoms with Crippen molar-refractivity contribution >= 4 is 26.8 Å². The molecule has 1 aromatic carbocycles. The third kappa shape index (κ3) is 1.37. The van der Waals surface area contributed by atoms with Crippen molar-refractivity contribution in [3.63, 3.8) is 0 Å². The molecule has 0 amide bonds. The second-order valence-electron chi connectivity index (χ2n) is 2.52. The second-order valence-corrected chi connectivity index (χ2v) is 3.27. The summed E-state index contributed by atoms with van der Waals surface area (Å²) in [6, 6.07) is 5.74. The molecule has 0 radical (unpaired) electrons. The topological polar surface area (TPSA) is 35.0 Å². The maximum absolute atomic E-state index is 5.17. The number of nitrogens with zero attached hydrogens (tertiary/aromatic N) is 2. The zero-order chi connectivity index (χ0) is 9.26. The molecular weight excluding hydrogens is 232 g/mol. The lowest BCUT2D eigenvalue weighted by atomic mass is 10.2. The second kappa shape index (κ2) is 3.30. The number of methoxy groups -OCH3 is 1. The van der Waals surface area contributed by atoms with Crippen LogP contribution in [0.5, 0.6) is 5.75 Å². The van der Waals surface area contributed by atoms with Gasteiger partial charge in [0.1, 0.15) is 22.2 Å². The smallest absolute Gasteiger partial charge is 0.145 e. The van der Waals surface area contributed by atoms with E-state index in [2.05, 4.69) is 25.9 Å². The summed E-state index contributed by atoms with van der Waals surface area (Å²) in [5.74, 6) is 0.764. The molecule has 0 saturated carbocycles. The normalized spacial score (nSPS) is 10.3. The van der Waals surface area contributed by atoms with Gasteiger partial charge in [-0.15, -0.1) is 0 Å². The fourth-order valence-electron chi connectivity index (χ4n) is 1.19. The summed E-state index contributed by atoms with van der Waals surface area (Å²) in [5, 5.41) is 0.960. The van der Waals surface area contributed by atoms with E-state index in [-0.39, 0.29) is 0 Å². The first-order valence-electron chi connectivity index (χ1n) is 3.76. The minimum Gasteiger partial charge on any atom is -0.494 e. The van der Waals surface area contributed by atoms with Crippen molar-refractivity contribution in [3.8, 4) is 5.75 Å². The van der Waals surface area contributed by atoms with E-state index in [1.807, 2.05) is 18.2 Å². The molecule has 66 valence electrons. The van der Waals surface area contributed by atoms with Gasteiger partial charge in [0, 0.05) is 5.39 Å². The third-order valence-electron chi connectivity index (χ3n) is 1.80. The average Bonchev–Trinajstić information content (AvgIpc) is 2.18. The number of halogens is 1. The number of aromatic nitrogens is 2. The standard InChI is InChI=1S/C9H7BrN2O/c1-13-7-4-2-3-6-8(7)11-5-12-9(6)10/h2-5H,1H3. The molecular formula is C9H7BrN2O. The molecule has 0 atom stereocenters. The van der Waals surface area contributed by atoms with Gasteiger partial charge in [-0.1, -0.05) is 6.07 Å². The molecule has 0 aliphatic heterocycles. The van der Waals surface area contributed by atoms with E-state index in [0.29, 0.717) is 0 Å². The van der Waals surface area contributed by atoms with Gasteiger partial charge in [-0.2, -0.15) is 0 Å². The molecule has 1 heterocycles. The Morgan fingerprint density at radius 1 is 1.31 bits per heavy atom. The predicted octanol–water partition coefficient (Wildman–Crippen LogP) is 2.40. The van der Waals surface area contributed by atoms with E-state index in [1.54, 1.807) is 7.11 Å². The molecule has 0 unspecified atom stereocenters. The van der Waals surface area contributed by atoms with Crippen LogP contribution in [0.1, 0.15) is 0 Å². The van der Waals surface area contributed by atoms with Crippen LogP contribution >= 0.6 is 15.9 Å². The molecule has 1 aromatic heterocycles. The van der Waals surface area contributed by atoms with Crippen LogP contribution in [0.2, 0.25) is 0 Å². The first kappa shape index (κ1) is 8.44. The van der Waals surface area contributed by atoms with Gasteiger partial charge in [-0.05, 0) is 28.1 Å². The van der Waals surface area contributed by atoms with E-state index in [1.165, 1.54) is 6.33 Å². The highest BCUT2D eigenvalue weighted by Gasteiger charge is 2.04. The van der Waals surface area contributed by atoms with Gasteiger partial charge >= 0.3 is 0 Å². The molecule has 0 fully saturated rings. The lowest BCUT2D eigenvalue weighted by molar-refractivity contribution is 0.419. The minimum atomic E-state index is 0.764. The first-order valence-corrected chi connectivity index (χ1v) is 4.55. The molecule has 2 aromatic rings. The van der Waals surface area contributed by atoms with Crippen molar-refractivity contribution in [3.05, 3.63) is 29.1 Å². The van der Waals surface area contributed by atoms with E-state index in [0.717, 1.165) is 21.3 Å². The Bertz CT molecular complexity index is 445. The number of para-hydroxylation sites is 1. The fraction of sp³-hybridized carbons (Fsp3) is 0.111. The molecule has 2 rings (SSSR count). The summed E-state index contributed by atoms with van der Waals surface area (Å²) in [4.78, 5) is 8.18. The van der Waals surface area contributed by atoms with Gasteiger partial charge in [-0.25, -0.2) is 9.97 Å². The molecule has 3 nitrogen and oxygen atoms in total. The predicted molar refractivity (Wildman–Crippen MR) is 53.8 cm³/mol. The SMILES string of the molecule is COc1cccc2c(Br)ncnc12. The number of ether oxygens (including phenoxy) is 1. The van der Waals surface area contributed by atoms with Gasteiger partial charge in [0.2, 0.25) is 0 Å². The van der Waals surface area contributed by atoms with E-state index < -0.39 is 0 Å². The molecule has 0 saturated heterocycles. The Kier molecular flexibility index (Phi) is 2.14. The Morgan fingerprint density at radius 3 is 2.92 bits per heavy atom. The lowest BCUT2D eigenvalue weighted by Crippen LogP contribution is -1.89. The highest BCUT2D eigenvalue weighted by atomic mass is 79.9. The maximum atomic E-state index is 5.17. The van der Waals surface area contributed by atoms with Crippen molar-refractivity contribution in [2.45, 2.75) is 0 Å². The monoisotopic (exact) mass is 238 g/mol. The van der Waals surface area contributed by atoms with Crippen molar-refractivity contribution in [2.24, 2.45) is 0 Å². The van der Waals surface area contributed by atoms with E-state index >= 15 is 0 Å². The summed E-state index contributed by atoms with van der Waals surface area (Å²) in [5.41, 5.74) is 0.826. The minimum absolute atomic E-state index is 0.764. The third-order valence-corrected chi connectivity index (χ3v) is 2.43. The zero-order valence-electron chi connectivity index (χ0n) is 6.99.